The minimum Gasteiger partial charge on any atom is -0.494 e. The number of benzene rings is 1. The Labute approximate surface area is 138 Å². The number of hydrogen-bond acceptors (Lipinski definition) is 3. The van der Waals surface area contributed by atoms with E-state index in [1.165, 1.54) is 6.92 Å². The fourth-order valence-corrected chi connectivity index (χ4v) is 2.89. The number of ether oxygens (including phenoxy) is 1. The molecule has 2 rings (SSSR count). The van der Waals surface area contributed by atoms with E-state index in [1.807, 2.05) is 42.2 Å². The zero-order chi connectivity index (χ0) is 16.7. The molecule has 1 fully saturated rings. The van der Waals surface area contributed by atoms with E-state index in [4.69, 9.17) is 4.74 Å². The molecule has 2 amide bonds. The first-order valence-corrected chi connectivity index (χ1v) is 8.30. The van der Waals surface area contributed by atoms with Crippen LogP contribution in [0.15, 0.2) is 30.3 Å². The van der Waals surface area contributed by atoms with Crippen LogP contribution in [0.4, 0.5) is 0 Å². The van der Waals surface area contributed by atoms with Crippen LogP contribution in [-0.4, -0.2) is 42.5 Å². The number of nitrogens with zero attached hydrogens (tertiary/aromatic N) is 1. The highest BCUT2D eigenvalue weighted by atomic mass is 16.5. The summed E-state index contributed by atoms with van der Waals surface area (Å²) in [4.78, 5) is 25.6. The Morgan fingerprint density at radius 2 is 2.09 bits per heavy atom. The summed E-state index contributed by atoms with van der Waals surface area (Å²) in [5.74, 6) is 0.871. The molecule has 5 heteroatoms. The predicted octanol–water partition coefficient (Wildman–Crippen LogP) is 2.22. The standard InChI is InChI=1S/C18H26N2O3/c1-14(10-12-23-17-8-4-3-5-9-17)18(22)20-11-6-7-16(13-20)19-15(2)21/h3-5,8-9,14,16H,6-7,10-13H2,1-2H3,(H,19,21)/t14-,16+/m1/s1. The Balaban J connectivity index is 1.76. The number of para-hydroxylation sites is 1. The molecule has 0 spiro atoms. The van der Waals surface area contributed by atoms with Crippen LogP contribution in [-0.2, 0) is 9.59 Å². The van der Waals surface area contributed by atoms with E-state index in [9.17, 15) is 9.59 Å². The van der Waals surface area contributed by atoms with E-state index in [-0.39, 0.29) is 23.8 Å². The molecule has 0 bridgehead atoms. The first kappa shape index (κ1) is 17.3. The summed E-state index contributed by atoms with van der Waals surface area (Å²) in [6.07, 6.45) is 2.56. The topological polar surface area (TPSA) is 58.6 Å². The highest BCUT2D eigenvalue weighted by Gasteiger charge is 2.26. The molecule has 1 aliphatic rings. The second kappa shape index (κ2) is 8.56. The Bertz CT molecular complexity index is 518. The number of amides is 2. The third-order valence-electron chi connectivity index (χ3n) is 4.12. The van der Waals surface area contributed by atoms with Gasteiger partial charge in [-0.1, -0.05) is 25.1 Å². The molecule has 1 aromatic carbocycles. The maximum atomic E-state index is 12.5. The zero-order valence-electron chi connectivity index (χ0n) is 14.0. The summed E-state index contributed by atoms with van der Waals surface area (Å²) >= 11 is 0. The fourth-order valence-electron chi connectivity index (χ4n) is 2.89. The molecule has 0 radical (unpaired) electrons. The number of likely N-dealkylation sites (tertiary alicyclic amines) is 1. The number of hydrogen-bond donors (Lipinski definition) is 1. The van der Waals surface area contributed by atoms with Gasteiger partial charge in [-0.25, -0.2) is 0 Å². The monoisotopic (exact) mass is 318 g/mol. The fraction of sp³-hybridized carbons (Fsp3) is 0.556. The number of carbonyl (C=O) groups is 2. The summed E-state index contributed by atoms with van der Waals surface area (Å²) in [5.41, 5.74) is 0. The molecule has 126 valence electrons. The van der Waals surface area contributed by atoms with Gasteiger partial charge in [0.05, 0.1) is 6.61 Å². The van der Waals surface area contributed by atoms with E-state index in [2.05, 4.69) is 5.32 Å². The van der Waals surface area contributed by atoms with Crippen molar-refractivity contribution in [1.29, 1.82) is 0 Å². The first-order chi connectivity index (χ1) is 11.1. The minimum absolute atomic E-state index is 0.0337. The molecule has 1 N–H and O–H groups in total. The number of piperidine rings is 1. The van der Waals surface area contributed by atoms with Gasteiger partial charge in [-0.3, -0.25) is 9.59 Å². The van der Waals surface area contributed by atoms with E-state index in [1.54, 1.807) is 0 Å². The molecule has 0 aromatic heterocycles. The SMILES string of the molecule is CC(=O)N[C@H]1CCCN(C(=O)[C@H](C)CCOc2ccccc2)C1. The average molecular weight is 318 g/mol. The second-order valence-electron chi connectivity index (χ2n) is 6.18. The van der Waals surface area contributed by atoms with Gasteiger partial charge in [0.2, 0.25) is 11.8 Å². The maximum absolute atomic E-state index is 12.5. The van der Waals surface area contributed by atoms with Gasteiger partial charge in [-0.2, -0.15) is 0 Å². The quantitative estimate of drug-likeness (QED) is 0.875. The smallest absolute Gasteiger partial charge is 0.225 e. The van der Waals surface area contributed by atoms with Gasteiger partial charge >= 0.3 is 0 Å². The van der Waals surface area contributed by atoms with Crippen molar-refractivity contribution in [3.05, 3.63) is 30.3 Å². The molecular formula is C18H26N2O3. The lowest BCUT2D eigenvalue weighted by Crippen LogP contribution is -2.50. The van der Waals surface area contributed by atoms with E-state index in [0.717, 1.165) is 25.1 Å². The lowest BCUT2D eigenvalue weighted by Gasteiger charge is -2.34. The van der Waals surface area contributed by atoms with E-state index in [0.29, 0.717) is 19.6 Å². The van der Waals surface area contributed by atoms with Gasteiger partial charge in [0, 0.05) is 32.0 Å². The van der Waals surface area contributed by atoms with Gasteiger partial charge in [0.1, 0.15) is 5.75 Å². The van der Waals surface area contributed by atoms with Crippen LogP contribution in [0.25, 0.3) is 0 Å². The third kappa shape index (κ3) is 5.58. The van der Waals surface area contributed by atoms with Crippen molar-refractivity contribution in [2.75, 3.05) is 19.7 Å². The van der Waals surface area contributed by atoms with Crippen molar-refractivity contribution in [3.8, 4) is 5.75 Å². The van der Waals surface area contributed by atoms with Crippen molar-refractivity contribution in [1.82, 2.24) is 10.2 Å². The normalized spacial score (nSPS) is 19.0. The maximum Gasteiger partial charge on any atom is 0.225 e. The molecular weight excluding hydrogens is 292 g/mol. The molecule has 1 aromatic rings. The molecule has 5 nitrogen and oxygen atoms in total. The molecule has 0 aliphatic carbocycles. The summed E-state index contributed by atoms with van der Waals surface area (Å²) in [6.45, 7) is 5.38. The van der Waals surface area contributed by atoms with Crippen LogP contribution in [0, 0.1) is 5.92 Å². The second-order valence-corrected chi connectivity index (χ2v) is 6.18. The van der Waals surface area contributed by atoms with Crippen LogP contribution < -0.4 is 10.1 Å². The highest BCUT2D eigenvalue weighted by molar-refractivity contribution is 5.79. The van der Waals surface area contributed by atoms with Gasteiger partial charge in [-0.05, 0) is 31.4 Å². The van der Waals surface area contributed by atoms with Gasteiger partial charge in [-0.15, -0.1) is 0 Å². The van der Waals surface area contributed by atoms with Gasteiger partial charge in [0.25, 0.3) is 0 Å². The molecule has 2 atom stereocenters. The van der Waals surface area contributed by atoms with Crippen molar-refractivity contribution in [2.24, 2.45) is 5.92 Å². The molecule has 1 aliphatic heterocycles. The lowest BCUT2D eigenvalue weighted by molar-refractivity contribution is -0.137. The number of nitrogens with one attached hydrogen (secondary N) is 1. The largest absolute Gasteiger partial charge is 0.494 e. The lowest BCUT2D eigenvalue weighted by atomic mass is 10.0. The molecule has 0 unspecified atom stereocenters. The highest BCUT2D eigenvalue weighted by Crippen LogP contribution is 2.16. The van der Waals surface area contributed by atoms with Crippen molar-refractivity contribution < 1.29 is 14.3 Å². The summed E-state index contributed by atoms with van der Waals surface area (Å²) in [6, 6.07) is 9.71. The number of rotatable bonds is 6. The molecule has 1 saturated heterocycles. The predicted molar refractivity (Wildman–Crippen MR) is 89.1 cm³/mol. The number of carbonyl (C=O) groups excluding carboxylic acids is 2. The van der Waals surface area contributed by atoms with Crippen LogP contribution in [0.1, 0.15) is 33.1 Å². The summed E-state index contributed by atoms with van der Waals surface area (Å²) in [5, 5.41) is 2.91. The Kier molecular flexibility index (Phi) is 6.44. The van der Waals surface area contributed by atoms with Crippen LogP contribution in [0.3, 0.4) is 0 Å². The van der Waals surface area contributed by atoms with Crippen LogP contribution >= 0.6 is 0 Å². The van der Waals surface area contributed by atoms with Crippen molar-refractivity contribution in [2.45, 2.75) is 39.2 Å². The van der Waals surface area contributed by atoms with Crippen molar-refractivity contribution in [3.63, 3.8) is 0 Å². The summed E-state index contributed by atoms with van der Waals surface area (Å²) in [7, 11) is 0. The molecule has 0 saturated carbocycles. The minimum atomic E-state index is -0.0743. The molecule has 23 heavy (non-hydrogen) atoms. The Morgan fingerprint density at radius 3 is 2.78 bits per heavy atom. The zero-order valence-corrected chi connectivity index (χ0v) is 14.0. The Morgan fingerprint density at radius 1 is 1.35 bits per heavy atom. The van der Waals surface area contributed by atoms with E-state index >= 15 is 0 Å². The van der Waals surface area contributed by atoms with Crippen LogP contribution in [0.2, 0.25) is 0 Å². The van der Waals surface area contributed by atoms with Gasteiger partial charge in [0.15, 0.2) is 0 Å². The third-order valence-corrected chi connectivity index (χ3v) is 4.12. The summed E-state index contributed by atoms with van der Waals surface area (Å²) < 4.78 is 5.66. The van der Waals surface area contributed by atoms with Crippen LogP contribution in [0.5, 0.6) is 5.75 Å². The van der Waals surface area contributed by atoms with Gasteiger partial charge < -0.3 is 15.0 Å². The molecule has 1 heterocycles. The van der Waals surface area contributed by atoms with Crippen molar-refractivity contribution >= 4 is 11.8 Å². The van der Waals surface area contributed by atoms with E-state index < -0.39 is 0 Å². The Hall–Kier alpha value is -2.04. The first-order valence-electron chi connectivity index (χ1n) is 8.30. The average Bonchev–Trinajstić information content (AvgIpc) is 2.54.